The van der Waals surface area contributed by atoms with E-state index >= 15 is 0 Å². The van der Waals surface area contributed by atoms with Gasteiger partial charge in [-0.1, -0.05) is 6.07 Å². The van der Waals surface area contributed by atoms with Gasteiger partial charge in [0.2, 0.25) is 0 Å². The third kappa shape index (κ3) is 4.05. The van der Waals surface area contributed by atoms with Crippen LogP contribution in [0.25, 0.3) is 0 Å². The van der Waals surface area contributed by atoms with E-state index in [2.05, 4.69) is 41.0 Å². The first-order chi connectivity index (χ1) is 12.6. The number of aryl methyl sites for hydroxylation is 1. The Kier molecular flexibility index (Phi) is 5.89. The number of hydrogen-bond donors (Lipinski definition) is 0. The Morgan fingerprint density at radius 3 is 2.19 bits per heavy atom. The minimum absolute atomic E-state index is 0.789. The summed E-state index contributed by atoms with van der Waals surface area (Å²) in [5.41, 5.74) is 3.75. The lowest BCUT2D eigenvalue weighted by molar-refractivity contribution is 0.248. The number of anilines is 1. The molecule has 0 N–H and O–H groups in total. The number of nitrogens with zero attached hydrogens (tertiary/aromatic N) is 2. The Morgan fingerprint density at radius 2 is 1.54 bits per heavy atom. The number of hydrogen-bond acceptors (Lipinski definition) is 5. The molecule has 1 aliphatic rings. The number of piperazine rings is 1. The normalized spacial score (nSPS) is 15.0. The molecule has 0 spiro atoms. The first-order valence-corrected chi connectivity index (χ1v) is 8.97. The van der Waals surface area contributed by atoms with Crippen molar-refractivity contribution in [3.05, 3.63) is 47.5 Å². The summed E-state index contributed by atoms with van der Waals surface area (Å²) in [7, 11) is 5.07. The zero-order valence-corrected chi connectivity index (χ0v) is 16.1. The molecule has 0 atom stereocenters. The summed E-state index contributed by atoms with van der Waals surface area (Å²) in [6.45, 7) is 7.15. The van der Waals surface area contributed by atoms with E-state index in [1.165, 1.54) is 16.8 Å². The van der Waals surface area contributed by atoms with Crippen LogP contribution in [0.5, 0.6) is 17.2 Å². The average Bonchev–Trinajstić information content (AvgIpc) is 2.69. The van der Waals surface area contributed by atoms with Crippen molar-refractivity contribution in [1.82, 2.24) is 4.90 Å². The van der Waals surface area contributed by atoms with Crippen molar-refractivity contribution in [3.63, 3.8) is 0 Å². The molecule has 0 aromatic heterocycles. The van der Waals surface area contributed by atoms with Gasteiger partial charge in [-0.15, -0.1) is 0 Å². The highest BCUT2D eigenvalue weighted by atomic mass is 16.5. The van der Waals surface area contributed by atoms with Crippen LogP contribution in [0.3, 0.4) is 0 Å². The number of methoxy groups -OCH3 is 3. The highest BCUT2D eigenvalue weighted by molar-refractivity contribution is 5.51. The van der Waals surface area contributed by atoms with Gasteiger partial charge in [-0.2, -0.15) is 0 Å². The van der Waals surface area contributed by atoms with Crippen molar-refractivity contribution in [2.75, 3.05) is 52.4 Å². The molecule has 1 heterocycles. The Morgan fingerprint density at radius 1 is 0.846 bits per heavy atom. The zero-order chi connectivity index (χ0) is 18.5. The number of benzene rings is 2. The topological polar surface area (TPSA) is 34.2 Å². The van der Waals surface area contributed by atoms with Gasteiger partial charge in [0, 0.05) is 44.5 Å². The predicted molar refractivity (Wildman–Crippen MR) is 105 cm³/mol. The van der Waals surface area contributed by atoms with Crippen LogP contribution in [-0.2, 0) is 6.54 Å². The quantitative estimate of drug-likeness (QED) is 0.793. The van der Waals surface area contributed by atoms with Crippen LogP contribution in [0.2, 0.25) is 0 Å². The molecule has 1 saturated heterocycles. The summed E-state index contributed by atoms with van der Waals surface area (Å²) in [5, 5.41) is 0. The summed E-state index contributed by atoms with van der Waals surface area (Å²) < 4.78 is 16.2. The van der Waals surface area contributed by atoms with Crippen molar-refractivity contribution >= 4 is 5.69 Å². The Bertz CT molecular complexity index is 740. The second-order valence-electron chi connectivity index (χ2n) is 6.60. The van der Waals surface area contributed by atoms with Crippen molar-refractivity contribution in [2.45, 2.75) is 13.5 Å². The average molecular weight is 356 g/mol. The lowest BCUT2D eigenvalue weighted by Gasteiger charge is -2.36. The molecule has 0 unspecified atom stereocenters. The van der Waals surface area contributed by atoms with E-state index in [0.29, 0.717) is 0 Å². The zero-order valence-electron chi connectivity index (χ0n) is 16.1. The van der Waals surface area contributed by atoms with Crippen LogP contribution >= 0.6 is 0 Å². The fraction of sp³-hybridized carbons (Fsp3) is 0.429. The molecule has 0 bridgehead atoms. The Balaban J connectivity index is 1.64. The second kappa shape index (κ2) is 8.32. The summed E-state index contributed by atoms with van der Waals surface area (Å²) in [6, 6.07) is 12.4. The van der Waals surface area contributed by atoms with Gasteiger partial charge < -0.3 is 19.1 Å². The summed E-state index contributed by atoms with van der Waals surface area (Å²) in [4.78, 5) is 4.91. The Labute approximate surface area is 156 Å². The lowest BCUT2D eigenvalue weighted by Crippen LogP contribution is -2.46. The summed E-state index contributed by atoms with van der Waals surface area (Å²) in [5.74, 6) is 2.49. The van der Waals surface area contributed by atoms with Crippen molar-refractivity contribution in [1.29, 1.82) is 0 Å². The van der Waals surface area contributed by atoms with Crippen molar-refractivity contribution in [2.24, 2.45) is 0 Å². The molecular formula is C21H28N2O3. The standard InChI is InChI=1S/C21H28N2O3/c1-16-12-20(25-3)21(26-4)13-17(16)15-22-8-10-23(11-9-22)18-6-5-7-19(14-18)24-2/h5-7,12-14H,8-11,15H2,1-4H3. The van der Waals surface area contributed by atoms with Gasteiger partial charge in [0.1, 0.15) is 5.75 Å². The van der Waals surface area contributed by atoms with Gasteiger partial charge >= 0.3 is 0 Å². The van der Waals surface area contributed by atoms with Crippen LogP contribution in [0.1, 0.15) is 11.1 Å². The molecule has 5 heteroatoms. The fourth-order valence-corrected chi connectivity index (χ4v) is 3.41. The molecule has 0 aliphatic carbocycles. The van der Waals surface area contributed by atoms with Gasteiger partial charge in [-0.3, -0.25) is 4.90 Å². The maximum absolute atomic E-state index is 5.45. The first kappa shape index (κ1) is 18.4. The number of rotatable bonds is 6. The van der Waals surface area contributed by atoms with E-state index < -0.39 is 0 Å². The minimum atomic E-state index is 0.789. The minimum Gasteiger partial charge on any atom is -0.497 e. The third-order valence-electron chi connectivity index (χ3n) is 5.03. The fourth-order valence-electron chi connectivity index (χ4n) is 3.41. The molecule has 1 fully saturated rings. The highest BCUT2D eigenvalue weighted by Crippen LogP contribution is 2.31. The summed E-state index contributed by atoms with van der Waals surface area (Å²) >= 11 is 0. The smallest absolute Gasteiger partial charge is 0.161 e. The van der Waals surface area contributed by atoms with E-state index in [0.717, 1.165) is 50.0 Å². The van der Waals surface area contributed by atoms with Crippen LogP contribution in [0.4, 0.5) is 5.69 Å². The van der Waals surface area contributed by atoms with Gasteiger partial charge in [0.25, 0.3) is 0 Å². The molecule has 26 heavy (non-hydrogen) atoms. The molecule has 3 rings (SSSR count). The van der Waals surface area contributed by atoms with Crippen LogP contribution < -0.4 is 19.1 Å². The molecule has 140 valence electrons. The highest BCUT2D eigenvalue weighted by Gasteiger charge is 2.19. The van der Waals surface area contributed by atoms with Crippen LogP contribution in [0.15, 0.2) is 36.4 Å². The molecule has 2 aromatic carbocycles. The van der Waals surface area contributed by atoms with E-state index in [9.17, 15) is 0 Å². The van der Waals surface area contributed by atoms with E-state index in [-0.39, 0.29) is 0 Å². The second-order valence-corrected chi connectivity index (χ2v) is 6.60. The molecule has 1 aliphatic heterocycles. The monoisotopic (exact) mass is 356 g/mol. The molecule has 0 amide bonds. The van der Waals surface area contributed by atoms with E-state index in [1.807, 2.05) is 12.1 Å². The van der Waals surface area contributed by atoms with Gasteiger partial charge in [0.15, 0.2) is 11.5 Å². The predicted octanol–water partition coefficient (Wildman–Crippen LogP) is 3.34. The molecule has 0 saturated carbocycles. The lowest BCUT2D eigenvalue weighted by atomic mass is 10.1. The maximum Gasteiger partial charge on any atom is 0.161 e. The summed E-state index contributed by atoms with van der Waals surface area (Å²) in [6.07, 6.45) is 0. The molecule has 0 radical (unpaired) electrons. The largest absolute Gasteiger partial charge is 0.497 e. The van der Waals surface area contributed by atoms with Gasteiger partial charge in [-0.25, -0.2) is 0 Å². The van der Waals surface area contributed by atoms with E-state index in [4.69, 9.17) is 14.2 Å². The van der Waals surface area contributed by atoms with Crippen molar-refractivity contribution in [3.8, 4) is 17.2 Å². The van der Waals surface area contributed by atoms with Crippen LogP contribution in [0, 0.1) is 6.92 Å². The Hall–Kier alpha value is -2.40. The van der Waals surface area contributed by atoms with Gasteiger partial charge in [-0.05, 0) is 42.3 Å². The van der Waals surface area contributed by atoms with Gasteiger partial charge in [0.05, 0.1) is 21.3 Å². The van der Waals surface area contributed by atoms with Crippen molar-refractivity contribution < 1.29 is 14.2 Å². The number of ether oxygens (including phenoxy) is 3. The van der Waals surface area contributed by atoms with Crippen LogP contribution in [-0.4, -0.2) is 52.4 Å². The SMILES string of the molecule is COc1cccc(N2CCN(Cc3cc(OC)c(OC)cc3C)CC2)c1. The first-order valence-electron chi connectivity index (χ1n) is 8.97. The molecular weight excluding hydrogens is 328 g/mol. The maximum atomic E-state index is 5.45. The molecule has 5 nitrogen and oxygen atoms in total. The molecule has 2 aromatic rings. The van der Waals surface area contributed by atoms with E-state index in [1.54, 1.807) is 21.3 Å². The third-order valence-corrected chi connectivity index (χ3v) is 5.03.